The van der Waals surface area contributed by atoms with E-state index in [1.54, 1.807) is 5.56 Å². The van der Waals surface area contributed by atoms with Crippen LogP contribution in [0.4, 0.5) is 0 Å². The molecule has 0 saturated heterocycles. The molecular formula is C22H30O2. The predicted molar refractivity (Wildman–Crippen MR) is 96.5 cm³/mol. The summed E-state index contributed by atoms with van der Waals surface area (Å²) in [5.74, 6) is 3.59. The number of Topliss-reactive ketones (excluding diaryl/α,β-unsaturated/α-hetero) is 1. The van der Waals surface area contributed by atoms with E-state index >= 15 is 0 Å². The summed E-state index contributed by atoms with van der Waals surface area (Å²) in [5, 5.41) is 0. The molecule has 0 radical (unpaired) electrons. The molecule has 3 aliphatic rings. The van der Waals surface area contributed by atoms with Gasteiger partial charge in [0.1, 0.15) is 11.5 Å². The summed E-state index contributed by atoms with van der Waals surface area (Å²) >= 11 is 0. The monoisotopic (exact) mass is 326 g/mol. The van der Waals surface area contributed by atoms with E-state index in [2.05, 4.69) is 32.0 Å². The van der Waals surface area contributed by atoms with E-state index < -0.39 is 0 Å². The third kappa shape index (κ3) is 2.50. The molecule has 4 atom stereocenters. The third-order valence-electron chi connectivity index (χ3n) is 7.17. The number of unbranched alkanes of at least 4 members (excludes halogenated alkanes) is 1. The van der Waals surface area contributed by atoms with E-state index in [1.165, 1.54) is 24.8 Å². The lowest BCUT2D eigenvalue weighted by atomic mass is 9.55. The van der Waals surface area contributed by atoms with Gasteiger partial charge < -0.3 is 4.74 Å². The highest BCUT2D eigenvalue weighted by atomic mass is 16.5. The summed E-state index contributed by atoms with van der Waals surface area (Å²) in [6.45, 7) is 5.27. The number of ether oxygens (including phenoxy) is 1. The Morgan fingerprint density at radius 3 is 2.92 bits per heavy atom. The second kappa shape index (κ2) is 6.20. The summed E-state index contributed by atoms with van der Waals surface area (Å²) in [6, 6.07) is 6.78. The van der Waals surface area contributed by atoms with Crippen LogP contribution in [0, 0.1) is 17.3 Å². The molecule has 3 aliphatic carbocycles. The van der Waals surface area contributed by atoms with Crippen molar-refractivity contribution in [2.75, 3.05) is 6.61 Å². The fraction of sp³-hybridized carbons (Fsp3) is 0.682. The Labute approximate surface area is 146 Å². The SMILES string of the molecule is CCCCOc1ccc2c(c1)CCC1C2CCC2(C)C(=O)CCC12. The maximum Gasteiger partial charge on any atom is 0.139 e. The molecule has 4 unspecified atom stereocenters. The van der Waals surface area contributed by atoms with Crippen molar-refractivity contribution in [2.45, 2.75) is 71.1 Å². The number of rotatable bonds is 4. The van der Waals surface area contributed by atoms with Crippen LogP contribution < -0.4 is 4.74 Å². The van der Waals surface area contributed by atoms with Crippen LogP contribution in [0.1, 0.15) is 75.8 Å². The largest absolute Gasteiger partial charge is 0.494 e. The molecule has 4 rings (SSSR count). The van der Waals surface area contributed by atoms with Gasteiger partial charge in [-0.3, -0.25) is 4.79 Å². The molecule has 0 bridgehead atoms. The van der Waals surface area contributed by atoms with Gasteiger partial charge in [-0.05, 0) is 79.5 Å². The maximum absolute atomic E-state index is 12.4. The zero-order valence-electron chi connectivity index (χ0n) is 15.1. The molecule has 24 heavy (non-hydrogen) atoms. The number of aryl methyl sites for hydroxylation is 1. The number of ketones is 1. The molecule has 0 aromatic heterocycles. The normalized spacial score (nSPS) is 34.4. The van der Waals surface area contributed by atoms with Crippen molar-refractivity contribution < 1.29 is 9.53 Å². The molecule has 2 saturated carbocycles. The molecule has 1 aromatic rings. The highest BCUT2D eigenvalue weighted by Gasteiger charge is 2.54. The number of hydrogen-bond acceptors (Lipinski definition) is 2. The van der Waals surface area contributed by atoms with Crippen LogP contribution in [0.5, 0.6) is 5.75 Å². The van der Waals surface area contributed by atoms with Gasteiger partial charge in [0.15, 0.2) is 0 Å². The van der Waals surface area contributed by atoms with Crippen molar-refractivity contribution in [3.63, 3.8) is 0 Å². The minimum absolute atomic E-state index is 0.0120. The molecule has 0 heterocycles. The lowest BCUT2D eigenvalue weighted by Crippen LogP contribution is -2.42. The quantitative estimate of drug-likeness (QED) is 0.703. The molecule has 2 heteroatoms. The highest BCUT2D eigenvalue weighted by Crippen LogP contribution is 2.59. The molecule has 1 aromatic carbocycles. The second-order valence-corrected chi connectivity index (χ2v) is 8.40. The number of hydrogen-bond donors (Lipinski definition) is 0. The van der Waals surface area contributed by atoms with Gasteiger partial charge >= 0.3 is 0 Å². The van der Waals surface area contributed by atoms with E-state index in [4.69, 9.17) is 4.74 Å². The van der Waals surface area contributed by atoms with Crippen molar-refractivity contribution in [2.24, 2.45) is 17.3 Å². The first-order valence-corrected chi connectivity index (χ1v) is 9.92. The Morgan fingerprint density at radius 2 is 2.08 bits per heavy atom. The smallest absolute Gasteiger partial charge is 0.139 e. The summed E-state index contributed by atoms with van der Waals surface area (Å²) in [6.07, 6.45) is 8.93. The van der Waals surface area contributed by atoms with Gasteiger partial charge in [0.2, 0.25) is 0 Å². The average molecular weight is 326 g/mol. The topological polar surface area (TPSA) is 26.3 Å². The van der Waals surface area contributed by atoms with Gasteiger partial charge in [0.25, 0.3) is 0 Å². The van der Waals surface area contributed by atoms with E-state index in [0.717, 1.165) is 50.4 Å². The van der Waals surface area contributed by atoms with Crippen LogP contribution in [-0.4, -0.2) is 12.4 Å². The lowest BCUT2D eigenvalue weighted by molar-refractivity contribution is -0.129. The van der Waals surface area contributed by atoms with Crippen LogP contribution in [0.3, 0.4) is 0 Å². The number of carbonyl (C=O) groups excluding carboxylic acids is 1. The van der Waals surface area contributed by atoms with Crippen LogP contribution in [-0.2, 0) is 11.2 Å². The number of carbonyl (C=O) groups is 1. The van der Waals surface area contributed by atoms with Gasteiger partial charge in [-0.15, -0.1) is 0 Å². The molecular weight excluding hydrogens is 296 g/mol. The minimum Gasteiger partial charge on any atom is -0.494 e. The zero-order chi connectivity index (χ0) is 16.7. The van der Waals surface area contributed by atoms with Crippen molar-refractivity contribution in [1.29, 1.82) is 0 Å². The third-order valence-corrected chi connectivity index (χ3v) is 7.17. The Bertz CT molecular complexity index is 635. The Hall–Kier alpha value is -1.31. The number of benzene rings is 1. The molecule has 0 N–H and O–H groups in total. The highest BCUT2D eigenvalue weighted by molar-refractivity contribution is 5.87. The van der Waals surface area contributed by atoms with Crippen molar-refractivity contribution >= 4 is 5.78 Å². The molecule has 130 valence electrons. The standard InChI is InChI=1S/C22H30O2/c1-3-4-13-24-16-6-8-17-15(14-16)5-7-19-18(17)11-12-22(2)20(19)9-10-21(22)23/h6,8,14,18-20H,3-5,7,9-13H2,1-2H3. The van der Waals surface area contributed by atoms with Gasteiger partial charge in [-0.2, -0.15) is 0 Å². The minimum atomic E-state index is -0.0120. The van der Waals surface area contributed by atoms with E-state index in [1.807, 2.05) is 0 Å². The van der Waals surface area contributed by atoms with E-state index in [-0.39, 0.29) is 5.41 Å². The molecule has 0 aliphatic heterocycles. The van der Waals surface area contributed by atoms with Crippen LogP contribution >= 0.6 is 0 Å². The fourth-order valence-corrected chi connectivity index (χ4v) is 5.75. The van der Waals surface area contributed by atoms with Gasteiger partial charge in [0, 0.05) is 11.8 Å². The van der Waals surface area contributed by atoms with Crippen molar-refractivity contribution in [1.82, 2.24) is 0 Å². The van der Waals surface area contributed by atoms with Gasteiger partial charge in [-0.1, -0.05) is 26.3 Å². The van der Waals surface area contributed by atoms with Crippen LogP contribution in [0.25, 0.3) is 0 Å². The Balaban J connectivity index is 1.56. The fourth-order valence-electron chi connectivity index (χ4n) is 5.75. The molecule has 2 nitrogen and oxygen atoms in total. The van der Waals surface area contributed by atoms with Gasteiger partial charge in [-0.25, -0.2) is 0 Å². The van der Waals surface area contributed by atoms with E-state index in [9.17, 15) is 4.79 Å². The lowest BCUT2D eigenvalue weighted by Gasteiger charge is -2.48. The molecule has 0 amide bonds. The average Bonchev–Trinajstić information content (AvgIpc) is 2.90. The Morgan fingerprint density at radius 1 is 1.21 bits per heavy atom. The summed E-state index contributed by atoms with van der Waals surface area (Å²) in [5.41, 5.74) is 3.04. The van der Waals surface area contributed by atoms with Gasteiger partial charge in [0.05, 0.1) is 6.61 Å². The van der Waals surface area contributed by atoms with Crippen molar-refractivity contribution in [3.05, 3.63) is 29.3 Å². The van der Waals surface area contributed by atoms with Crippen LogP contribution in [0.2, 0.25) is 0 Å². The number of fused-ring (bicyclic) bond motifs is 5. The summed E-state index contributed by atoms with van der Waals surface area (Å²) < 4.78 is 5.90. The molecule has 2 fully saturated rings. The first-order chi connectivity index (χ1) is 11.6. The maximum atomic E-state index is 12.4. The Kier molecular flexibility index (Phi) is 4.18. The predicted octanol–water partition coefficient (Wildman–Crippen LogP) is 5.29. The first-order valence-electron chi connectivity index (χ1n) is 9.92. The first kappa shape index (κ1) is 16.2. The second-order valence-electron chi connectivity index (χ2n) is 8.40. The van der Waals surface area contributed by atoms with E-state index in [0.29, 0.717) is 17.6 Å². The summed E-state index contributed by atoms with van der Waals surface area (Å²) in [7, 11) is 0. The summed E-state index contributed by atoms with van der Waals surface area (Å²) in [4.78, 5) is 12.4. The molecule has 0 spiro atoms. The zero-order valence-corrected chi connectivity index (χ0v) is 15.1. The van der Waals surface area contributed by atoms with Crippen LogP contribution in [0.15, 0.2) is 18.2 Å². The van der Waals surface area contributed by atoms with Crippen molar-refractivity contribution in [3.8, 4) is 5.75 Å².